The lowest BCUT2D eigenvalue weighted by molar-refractivity contribution is 0.570. The van der Waals surface area contributed by atoms with E-state index in [1.54, 1.807) is 0 Å². The number of nitrogens with zero attached hydrogens (tertiary/aromatic N) is 2. The summed E-state index contributed by atoms with van der Waals surface area (Å²) in [7, 11) is 0. The molecule has 1 atom stereocenters. The number of rotatable bonds is 6. The third kappa shape index (κ3) is 3.74. The van der Waals surface area contributed by atoms with E-state index in [0.717, 1.165) is 12.2 Å². The summed E-state index contributed by atoms with van der Waals surface area (Å²) in [4.78, 5) is 0. The highest BCUT2D eigenvalue weighted by Gasteiger charge is 2.11. The quantitative estimate of drug-likeness (QED) is 0.704. The second-order valence-electron chi connectivity index (χ2n) is 6.51. The third-order valence-electron chi connectivity index (χ3n) is 4.41. The van der Waals surface area contributed by atoms with E-state index in [0.29, 0.717) is 5.92 Å². The van der Waals surface area contributed by atoms with Crippen molar-refractivity contribution in [2.24, 2.45) is 0 Å². The molecule has 1 unspecified atom stereocenters. The minimum atomic E-state index is 0.246. The molecular weight excluding hydrogens is 294 g/mol. The van der Waals surface area contributed by atoms with E-state index in [2.05, 4.69) is 79.7 Å². The maximum atomic E-state index is 4.36. The van der Waals surface area contributed by atoms with Gasteiger partial charge in [-0.1, -0.05) is 56.3 Å². The van der Waals surface area contributed by atoms with Crippen molar-refractivity contribution in [2.45, 2.75) is 39.3 Å². The Bertz CT molecular complexity index is 758. The largest absolute Gasteiger partial charge is 0.306 e. The first kappa shape index (κ1) is 16.5. The monoisotopic (exact) mass is 319 g/mol. The van der Waals surface area contributed by atoms with Crippen LogP contribution in [0.25, 0.3) is 5.69 Å². The molecule has 0 saturated carbocycles. The van der Waals surface area contributed by atoms with Crippen molar-refractivity contribution in [3.63, 3.8) is 0 Å². The molecule has 1 N–H and O–H groups in total. The zero-order valence-electron chi connectivity index (χ0n) is 14.6. The standard InChI is InChI=1S/C21H25N3/c1-16(2)19-11-9-18(10-12-19)15-22-17(3)20-7-4-5-8-21(20)24-14-6-13-23-24/h4-14,16-17,22H,15H2,1-3H3. The van der Waals surface area contributed by atoms with E-state index in [1.807, 2.05) is 23.1 Å². The van der Waals surface area contributed by atoms with Gasteiger partial charge in [0, 0.05) is 25.0 Å². The Hall–Kier alpha value is -2.39. The fraction of sp³-hybridized carbons (Fsp3) is 0.286. The van der Waals surface area contributed by atoms with Crippen LogP contribution in [0.4, 0.5) is 0 Å². The van der Waals surface area contributed by atoms with Crippen molar-refractivity contribution in [2.75, 3.05) is 0 Å². The predicted octanol–water partition coefficient (Wildman–Crippen LogP) is 4.85. The summed E-state index contributed by atoms with van der Waals surface area (Å²) >= 11 is 0. The molecule has 0 amide bonds. The van der Waals surface area contributed by atoms with Crippen molar-refractivity contribution in [1.29, 1.82) is 0 Å². The molecule has 0 spiro atoms. The lowest BCUT2D eigenvalue weighted by Crippen LogP contribution is -2.19. The Morgan fingerprint density at radius 1 is 0.958 bits per heavy atom. The SMILES string of the molecule is CC(C)c1ccc(CNC(C)c2ccccc2-n2cccn2)cc1. The van der Waals surface area contributed by atoms with E-state index < -0.39 is 0 Å². The van der Waals surface area contributed by atoms with Gasteiger partial charge in [-0.15, -0.1) is 0 Å². The van der Waals surface area contributed by atoms with Crippen LogP contribution in [0.2, 0.25) is 0 Å². The zero-order chi connectivity index (χ0) is 16.9. The van der Waals surface area contributed by atoms with Crippen molar-refractivity contribution >= 4 is 0 Å². The first-order valence-corrected chi connectivity index (χ1v) is 8.56. The molecule has 3 heteroatoms. The van der Waals surface area contributed by atoms with Gasteiger partial charge < -0.3 is 5.32 Å². The molecule has 3 rings (SSSR count). The summed E-state index contributed by atoms with van der Waals surface area (Å²) in [5, 5.41) is 7.99. The summed E-state index contributed by atoms with van der Waals surface area (Å²) in [6.07, 6.45) is 3.79. The molecule has 0 aliphatic heterocycles. The highest BCUT2D eigenvalue weighted by molar-refractivity contribution is 5.42. The summed E-state index contributed by atoms with van der Waals surface area (Å²) in [6, 6.07) is 19.5. The van der Waals surface area contributed by atoms with Crippen LogP contribution < -0.4 is 5.32 Å². The number of para-hydroxylation sites is 1. The molecule has 0 fully saturated rings. The molecule has 2 aromatic carbocycles. The molecule has 124 valence electrons. The van der Waals surface area contributed by atoms with Crippen molar-refractivity contribution < 1.29 is 0 Å². The summed E-state index contributed by atoms with van der Waals surface area (Å²) in [6.45, 7) is 7.50. The number of hydrogen-bond acceptors (Lipinski definition) is 2. The molecule has 0 bridgehead atoms. The van der Waals surface area contributed by atoms with Crippen LogP contribution in [-0.4, -0.2) is 9.78 Å². The van der Waals surface area contributed by atoms with E-state index >= 15 is 0 Å². The maximum Gasteiger partial charge on any atom is 0.0693 e. The van der Waals surface area contributed by atoms with E-state index in [4.69, 9.17) is 0 Å². The highest BCUT2D eigenvalue weighted by Crippen LogP contribution is 2.21. The second kappa shape index (κ2) is 7.45. The smallest absolute Gasteiger partial charge is 0.0693 e. The van der Waals surface area contributed by atoms with Gasteiger partial charge in [-0.25, -0.2) is 4.68 Å². The molecular formula is C21H25N3. The zero-order valence-corrected chi connectivity index (χ0v) is 14.6. The molecule has 3 nitrogen and oxygen atoms in total. The molecule has 0 saturated heterocycles. The Morgan fingerprint density at radius 2 is 1.71 bits per heavy atom. The Balaban J connectivity index is 1.70. The van der Waals surface area contributed by atoms with Crippen LogP contribution in [0.1, 0.15) is 49.4 Å². The predicted molar refractivity (Wildman–Crippen MR) is 99.3 cm³/mol. The first-order valence-electron chi connectivity index (χ1n) is 8.56. The van der Waals surface area contributed by atoms with Gasteiger partial charge in [0.2, 0.25) is 0 Å². The van der Waals surface area contributed by atoms with Crippen LogP contribution in [0.3, 0.4) is 0 Å². The number of aromatic nitrogens is 2. The van der Waals surface area contributed by atoms with Crippen LogP contribution in [0.5, 0.6) is 0 Å². The Labute approximate surface area is 144 Å². The van der Waals surface area contributed by atoms with E-state index in [1.165, 1.54) is 16.7 Å². The van der Waals surface area contributed by atoms with Crippen molar-refractivity contribution in [3.8, 4) is 5.69 Å². The topological polar surface area (TPSA) is 29.9 Å². The van der Waals surface area contributed by atoms with Gasteiger partial charge in [-0.05, 0) is 41.7 Å². The minimum Gasteiger partial charge on any atom is -0.306 e. The molecule has 3 aromatic rings. The van der Waals surface area contributed by atoms with Crippen molar-refractivity contribution in [1.82, 2.24) is 15.1 Å². The first-order chi connectivity index (χ1) is 11.6. The average molecular weight is 319 g/mol. The normalized spacial score (nSPS) is 12.5. The van der Waals surface area contributed by atoms with E-state index in [9.17, 15) is 0 Å². The lowest BCUT2D eigenvalue weighted by Gasteiger charge is -2.18. The van der Waals surface area contributed by atoms with Gasteiger partial charge in [0.1, 0.15) is 0 Å². The van der Waals surface area contributed by atoms with Crippen LogP contribution in [-0.2, 0) is 6.54 Å². The highest BCUT2D eigenvalue weighted by atomic mass is 15.3. The molecule has 1 heterocycles. The van der Waals surface area contributed by atoms with Gasteiger partial charge >= 0.3 is 0 Å². The molecule has 0 aliphatic carbocycles. The molecule has 1 aromatic heterocycles. The maximum absolute atomic E-state index is 4.36. The van der Waals surface area contributed by atoms with Gasteiger partial charge in [0.25, 0.3) is 0 Å². The number of nitrogens with one attached hydrogen (secondary N) is 1. The molecule has 24 heavy (non-hydrogen) atoms. The van der Waals surface area contributed by atoms with Gasteiger partial charge in [0.15, 0.2) is 0 Å². The van der Waals surface area contributed by atoms with Gasteiger partial charge in [-0.3, -0.25) is 0 Å². The summed E-state index contributed by atoms with van der Waals surface area (Å²) < 4.78 is 1.92. The third-order valence-corrected chi connectivity index (χ3v) is 4.41. The van der Waals surface area contributed by atoms with Crippen LogP contribution >= 0.6 is 0 Å². The Kier molecular flexibility index (Phi) is 5.11. The number of hydrogen-bond donors (Lipinski definition) is 1. The summed E-state index contributed by atoms with van der Waals surface area (Å²) in [5.74, 6) is 0.576. The Morgan fingerprint density at radius 3 is 2.38 bits per heavy atom. The van der Waals surface area contributed by atoms with Crippen LogP contribution in [0, 0.1) is 0 Å². The molecule has 0 aliphatic rings. The average Bonchev–Trinajstić information content (AvgIpc) is 3.14. The second-order valence-corrected chi connectivity index (χ2v) is 6.51. The fourth-order valence-electron chi connectivity index (χ4n) is 2.87. The molecule has 0 radical (unpaired) electrons. The van der Waals surface area contributed by atoms with E-state index in [-0.39, 0.29) is 6.04 Å². The van der Waals surface area contributed by atoms with Gasteiger partial charge in [0.05, 0.1) is 5.69 Å². The van der Waals surface area contributed by atoms with Crippen LogP contribution in [0.15, 0.2) is 67.0 Å². The lowest BCUT2D eigenvalue weighted by atomic mass is 10.0. The van der Waals surface area contributed by atoms with Gasteiger partial charge in [-0.2, -0.15) is 5.10 Å². The fourth-order valence-corrected chi connectivity index (χ4v) is 2.87. The summed E-state index contributed by atoms with van der Waals surface area (Å²) in [5.41, 5.74) is 5.07. The minimum absolute atomic E-state index is 0.246. The number of benzene rings is 2. The van der Waals surface area contributed by atoms with Crippen molar-refractivity contribution in [3.05, 3.63) is 83.7 Å².